The Bertz CT molecular complexity index is 2700. The lowest BCUT2D eigenvalue weighted by Crippen LogP contribution is -2.51. The Morgan fingerprint density at radius 1 is 0.912 bits per heavy atom. The van der Waals surface area contributed by atoms with Crippen molar-refractivity contribution in [3.63, 3.8) is 0 Å². The van der Waals surface area contributed by atoms with Crippen molar-refractivity contribution < 1.29 is 23.1 Å². The summed E-state index contributed by atoms with van der Waals surface area (Å²) in [6.07, 6.45) is 10.3. The van der Waals surface area contributed by atoms with Crippen molar-refractivity contribution in [2.45, 2.75) is 115 Å². The Hall–Kier alpha value is -6.12. The number of amides is 2. The lowest BCUT2D eigenvalue weighted by atomic mass is 9.89. The number of nitrogens with zero attached hydrogens (tertiary/aromatic N) is 11. The van der Waals surface area contributed by atoms with Crippen LogP contribution in [0.1, 0.15) is 116 Å². The Balaban J connectivity index is 0.744. The van der Waals surface area contributed by atoms with Crippen molar-refractivity contribution in [2.24, 2.45) is 7.05 Å². The summed E-state index contributed by atoms with van der Waals surface area (Å²) >= 11 is 6.18. The maximum Gasteiger partial charge on any atom is 0.272 e. The third-order valence-electron chi connectivity index (χ3n) is 14.8. The van der Waals surface area contributed by atoms with E-state index in [4.69, 9.17) is 26.7 Å². The van der Waals surface area contributed by atoms with Crippen molar-refractivity contribution in [2.75, 3.05) is 49.1 Å². The number of benzene rings is 2. The first-order valence-electron chi connectivity index (χ1n) is 24.1. The van der Waals surface area contributed by atoms with Crippen LogP contribution in [0.5, 0.6) is 5.75 Å². The summed E-state index contributed by atoms with van der Waals surface area (Å²) in [6, 6.07) is 15.1. The fourth-order valence-corrected chi connectivity index (χ4v) is 11.3. The van der Waals surface area contributed by atoms with Gasteiger partial charge in [-0.25, -0.2) is 8.78 Å². The molecule has 0 radical (unpaired) electrons. The summed E-state index contributed by atoms with van der Waals surface area (Å²) in [4.78, 5) is 34.7. The van der Waals surface area contributed by atoms with Crippen molar-refractivity contribution in [3.8, 4) is 22.9 Å². The van der Waals surface area contributed by atoms with E-state index >= 15 is 0 Å². The van der Waals surface area contributed by atoms with E-state index in [1.165, 1.54) is 0 Å². The summed E-state index contributed by atoms with van der Waals surface area (Å²) in [5.74, 6) is 1.99. The highest BCUT2D eigenvalue weighted by Crippen LogP contribution is 2.44. The Morgan fingerprint density at radius 2 is 1.69 bits per heavy atom. The Labute approximate surface area is 400 Å². The van der Waals surface area contributed by atoms with Crippen LogP contribution < -0.4 is 19.9 Å². The van der Waals surface area contributed by atoms with E-state index in [1.54, 1.807) is 61.4 Å². The van der Waals surface area contributed by atoms with Crippen LogP contribution in [0.2, 0.25) is 5.02 Å². The van der Waals surface area contributed by atoms with Crippen LogP contribution in [0.4, 0.5) is 26.1 Å². The number of rotatable bonds is 10. The number of carbonyl (C=O) groups excluding carboxylic acids is 2. The number of anilines is 3. The third-order valence-corrected chi connectivity index (χ3v) is 15.1. The minimum absolute atomic E-state index is 0.0131. The average Bonchev–Trinajstić information content (AvgIpc) is 3.97. The molecule has 0 bridgehead atoms. The molecule has 0 atom stereocenters. The van der Waals surface area contributed by atoms with E-state index in [-0.39, 0.29) is 35.6 Å². The quantitative estimate of drug-likeness (QED) is 0.145. The first-order valence-corrected chi connectivity index (χ1v) is 24.4. The van der Waals surface area contributed by atoms with Gasteiger partial charge in [0.2, 0.25) is 5.91 Å². The third kappa shape index (κ3) is 9.37. The van der Waals surface area contributed by atoms with Gasteiger partial charge < -0.3 is 24.8 Å². The predicted molar refractivity (Wildman–Crippen MR) is 253 cm³/mol. The van der Waals surface area contributed by atoms with E-state index in [0.717, 1.165) is 125 Å². The van der Waals surface area contributed by atoms with Gasteiger partial charge in [0.05, 0.1) is 35.5 Å². The van der Waals surface area contributed by atoms with Crippen LogP contribution >= 0.6 is 11.6 Å². The molecule has 0 unspecified atom stereocenters. The number of aryl methyl sites for hydroxylation is 2. The molecule has 68 heavy (non-hydrogen) atoms. The number of fused-ring (bicyclic) bond motifs is 2. The van der Waals surface area contributed by atoms with Gasteiger partial charge in [-0.2, -0.15) is 15.5 Å². The highest BCUT2D eigenvalue weighted by atomic mass is 35.5. The molecule has 356 valence electrons. The molecular weight excluding hydrogens is 890 g/mol. The van der Waals surface area contributed by atoms with Crippen molar-refractivity contribution in [3.05, 3.63) is 93.5 Å². The van der Waals surface area contributed by atoms with Crippen LogP contribution in [0, 0.1) is 11.3 Å². The van der Waals surface area contributed by atoms with Gasteiger partial charge in [-0.3, -0.25) is 23.9 Å². The second-order valence-electron chi connectivity index (χ2n) is 19.0. The van der Waals surface area contributed by atoms with Crippen LogP contribution in [-0.2, 0) is 31.2 Å². The molecule has 5 aliphatic rings. The average molecular weight is 948 g/mol. The number of aromatic nitrogens is 6. The molecule has 3 aromatic heterocycles. The number of alkyl halides is 2. The summed E-state index contributed by atoms with van der Waals surface area (Å²) in [6.45, 7) is 6.80. The molecule has 2 saturated carbocycles. The number of ether oxygens (including phenoxy) is 1. The molecule has 5 aromatic rings. The summed E-state index contributed by atoms with van der Waals surface area (Å²) < 4.78 is 39.5. The normalized spacial score (nSPS) is 22.1. The zero-order valence-corrected chi connectivity index (χ0v) is 39.3. The standard InChI is InChI=1S/C50H57ClF2N12O3/c1-31(66)63-19-17-45-42(30-63)49(64-18-3-4-32-24-40(34-28-55-60(2)29-34)41(48(52)53)26-46(32)64)59-65(45)37-10-8-36(9-11-37)61-20-22-62(23-21-61)47-16-15-44(57-58-47)50(67)56-35-6-13-38(14-7-35)68-39-12-5-33(27-54)43(51)25-39/h5,12,15-16,24-26,28-29,35-38,48H,3-4,6-11,13-14,17-23,30H2,1-2H3,(H,56,67). The fourth-order valence-electron chi connectivity index (χ4n) is 11.1. The minimum atomic E-state index is -2.66. The second-order valence-corrected chi connectivity index (χ2v) is 19.4. The number of hydrogen-bond acceptors (Lipinski definition) is 11. The maximum atomic E-state index is 14.8. The van der Waals surface area contributed by atoms with Gasteiger partial charge in [0.25, 0.3) is 12.3 Å². The number of carbonyl (C=O) groups is 2. The SMILES string of the molecule is CC(=O)N1CCc2c(c(N3CCCc4cc(-c5cnn(C)c5)c(C(F)F)cc43)nn2C2CCC(N3CCN(c4ccc(C(=O)NC5CCC(Oc6ccc(C#N)c(Cl)c6)CC5)nn4)CC3)CC2)C1. The van der Waals surface area contributed by atoms with E-state index < -0.39 is 6.43 Å². The molecule has 1 N–H and O–H groups in total. The summed E-state index contributed by atoms with van der Waals surface area (Å²) in [5, 5.41) is 31.1. The van der Waals surface area contributed by atoms with Gasteiger partial charge >= 0.3 is 0 Å². The van der Waals surface area contributed by atoms with Crippen molar-refractivity contribution >= 4 is 40.7 Å². The highest BCUT2D eigenvalue weighted by molar-refractivity contribution is 6.31. The van der Waals surface area contributed by atoms with Gasteiger partial charge in [-0.05, 0) is 112 Å². The van der Waals surface area contributed by atoms with E-state index in [1.807, 2.05) is 17.0 Å². The largest absolute Gasteiger partial charge is 0.490 e. The number of nitrogens with one attached hydrogen (secondary N) is 1. The predicted octanol–water partition coefficient (Wildman–Crippen LogP) is 7.95. The first-order chi connectivity index (χ1) is 33.0. The van der Waals surface area contributed by atoms with Crippen LogP contribution in [0.15, 0.2) is 54.9 Å². The van der Waals surface area contributed by atoms with Gasteiger partial charge in [0, 0.05) is 112 Å². The van der Waals surface area contributed by atoms with Gasteiger partial charge in [-0.15, -0.1) is 10.2 Å². The number of hydrogen-bond donors (Lipinski definition) is 1. The Morgan fingerprint density at radius 3 is 2.37 bits per heavy atom. The van der Waals surface area contributed by atoms with E-state index in [0.29, 0.717) is 65.3 Å². The number of halogens is 3. The van der Waals surface area contributed by atoms with Crippen molar-refractivity contribution in [1.82, 2.24) is 44.9 Å². The van der Waals surface area contributed by atoms with Crippen LogP contribution in [0.25, 0.3) is 11.1 Å². The number of nitriles is 1. The maximum absolute atomic E-state index is 14.8. The molecule has 2 amide bonds. The Kier molecular flexibility index (Phi) is 13.1. The van der Waals surface area contributed by atoms with Gasteiger partial charge in [-0.1, -0.05) is 11.6 Å². The first kappa shape index (κ1) is 45.7. The molecule has 3 fully saturated rings. The zero-order chi connectivity index (χ0) is 47.1. The van der Waals surface area contributed by atoms with E-state index in [2.05, 4.69) is 46.1 Å². The fraction of sp³-hybridized carbons (Fsp3) is 0.500. The van der Waals surface area contributed by atoms with Gasteiger partial charge in [0.1, 0.15) is 11.8 Å². The summed E-state index contributed by atoms with van der Waals surface area (Å²) in [7, 11) is 1.79. The topological polar surface area (TPSA) is 154 Å². The molecule has 18 heteroatoms. The number of piperazine rings is 1. The smallest absolute Gasteiger partial charge is 0.272 e. The molecular formula is C50H57ClF2N12O3. The van der Waals surface area contributed by atoms with Crippen LogP contribution in [-0.4, -0.2) is 109 Å². The summed E-state index contributed by atoms with van der Waals surface area (Å²) in [5.41, 5.74) is 5.86. The lowest BCUT2D eigenvalue weighted by molar-refractivity contribution is -0.129. The van der Waals surface area contributed by atoms with Gasteiger partial charge in [0.15, 0.2) is 17.3 Å². The monoisotopic (exact) mass is 946 g/mol. The molecule has 6 heterocycles. The molecule has 2 aliphatic carbocycles. The van der Waals surface area contributed by atoms with Crippen LogP contribution in [0.3, 0.4) is 0 Å². The zero-order valence-electron chi connectivity index (χ0n) is 38.6. The lowest BCUT2D eigenvalue weighted by Gasteiger charge is -2.42. The second kappa shape index (κ2) is 19.5. The molecule has 10 rings (SSSR count). The van der Waals surface area contributed by atoms with E-state index in [9.17, 15) is 18.4 Å². The molecule has 0 spiro atoms. The minimum Gasteiger partial charge on any atom is -0.490 e. The molecule has 3 aliphatic heterocycles. The van der Waals surface area contributed by atoms with Crippen molar-refractivity contribution in [1.29, 1.82) is 5.26 Å². The highest BCUT2D eigenvalue weighted by Gasteiger charge is 2.36. The molecule has 2 aromatic carbocycles. The molecule has 15 nitrogen and oxygen atoms in total. The molecule has 1 saturated heterocycles.